The molecule has 0 aliphatic carbocycles. The number of aryl methyl sites for hydroxylation is 1. The second-order valence-electron chi connectivity index (χ2n) is 5.91. The number of nitrogens with one attached hydrogen (secondary N) is 2. The Bertz CT molecular complexity index is 954. The Morgan fingerprint density at radius 3 is 2.54 bits per heavy atom. The van der Waals surface area contributed by atoms with Crippen LogP contribution in [0.25, 0.3) is 0 Å². The third-order valence-electron chi connectivity index (χ3n) is 3.59. The third-order valence-corrected chi connectivity index (χ3v) is 4.78. The zero-order chi connectivity index (χ0) is 19.9. The molecular formula is C18H18ClN5O3S. The summed E-state index contributed by atoms with van der Waals surface area (Å²) in [5.74, 6) is 1.35. The smallest absolute Gasteiger partial charge is 0.235 e. The molecule has 0 saturated heterocycles. The van der Waals surface area contributed by atoms with Crippen LogP contribution in [0.4, 0.5) is 11.6 Å². The van der Waals surface area contributed by atoms with Gasteiger partial charge in [0.1, 0.15) is 11.6 Å². The largest absolute Gasteiger partial charge is 0.360 e. The highest BCUT2D eigenvalue weighted by Gasteiger charge is 2.11. The number of aromatic nitrogens is 3. The van der Waals surface area contributed by atoms with Crippen molar-refractivity contribution >= 4 is 46.8 Å². The number of amides is 2. The van der Waals surface area contributed by atoms with Crippen LogP contribution in [0.5, 0.6) is 0 Å². The van der Waals surface area contributed by atoms with Crippen molar-refractivity contribution in [3.8, 4) is 0 Å². The maximum Gasteiger partial charge on any atom is 0.235 e. The molecule has 3 rings (SSSR count). The summed E-state index contributed by atoms with van der Waals surface area (Å²) in [5, 5.41) is 14.0. The van der Waals surface area contributed by atoms with Crippen molar-refractivity contribution in [2.75, 3.05) is 22.1 Å². The number of hydrogen-bond donors (Lipinski definition) is 2. The van der Waals surface area contributed by atoms with Crippen LogP contribution in [0.2, 0.25) is 5.02 Å². The second kappa shape index (κ2) is 9.43. The van der Waals surface area contributed by atoms with Gasteiger partial charge in [0.25, 0.3) is 0 Å². The molecule has 0 unspecified atom stereocenters. The lowest BCUT2D eigenvalue weighted by atomic mass is 10.2. The Kier molecular flexibility index (Phi) is 6.72. The number of nitrogens with zero attached hydrogens (tertiary/aromatic N) is 3. The maximum atomic E-state index is 12.2. The number of benzene rings is 1. The normalized spacial score (nSPS) is 10.6. The van der Waals surface area contributed by atoms with Gasteiger partial charge in [0, 0.05) is 17.2 Å². The van der Waals surface area contributed by atoms with Crippen molar-refractivity contribution in [1.29, 1.82) is 0 Å². The molecule has 28 heavy (non-hydrogen) atoms. The molecule has 146 valence electrons. The predicted octanol–water partition coefficient (Wildman–Crippen LogP) is 3.19. The number of thioether (sulfide) groups is 1. The Morgan fingerprint density at radius 1 is 1.14 bits per heavy atom. The molecule has 0 atom stereocenters. The van der Waals surface area contributed by atoms with Gasteiger partial charge in [0.15, 0.2) is 5.82 Å². The SMILES string of the molecule is Cc1cc(NC(=O)CSCC(=O)Nc2ccnn2Cc2ccc(Cl)cc2)no1. The number of carbonyl (C=O) groups is 2. The van der Waals surface area contributed by atoms with Gasteiger partial charge in [-0.3, -0.25) is 9.59 Å². The molecule has 2 heterocycles. The van der Waals surface area contributed by atoms with Gasteiger partial charge >= 0.3 is 0 Å². The number of rotatable bonds is 8. The van der Waals surface area contributed by atoms with Crippen LogP contribution in [0, 0.1) is 6.92 Å². The summed E-state index contributed by atoms with van der Waals surface area (Å²) in [5.41, 5.74) is 1.01. The first-order chi connectivity index (χ1) is 13.5. The van der Waals surface area contributed by atoms with E-state index in [1.165, 1.54) is 11.8 Å². The molecule has 0 aliphatic heterocycles. The summed E-state index contributed by atoms with van der Waals surface area (Å²) in [6.45, 7) is 2.24. The van der Waals surface area contributed by atoms with Crippen LogP contribution in [0.3, 0.4) is 0 Å². The fraction of sp³-hybridized carbons (Fsp3) is 0.222. The van der Waals surface area contributed by atoms with Crippen molar-refractivity contribution in [1.82, 2.24) is 14.9 Å². The van der Waals surface area contributed by atoms with E-state index in [1.807, 2.05) is 12.1 Å². The quantitative estimate of drug-likeness (QED) is 0.581. The molecule has 2 aromatic heterocycles. The Labute approximate surface area is 170 Å². The van der Waals surface area contributed by atoms with Gasteiger partial charge in [-0.2, -0.15) is 5.10 Å². The summed E-state index contributed by atoms with van der Waals surface area (Å²) < 4.78 is 6.56. The molecule has 3 aromatic rings. The van der Waals surface area contributed by atoms with Gasteiger partial charge in [0.2, 0.25) is 11.8 Å². The molecule has 0 saturated carbocycles. The number of anilines is 2. The average molecular weight is 420 g/mol. The standard InChI is InChI=1S/C18H18ClN5O3S/c1-12-8-15(23-27-12)21-17(25)10-28-11-18(26)22-16-6-7-20-24(16)9-13-2-4-14(19)5-3-13/h2-8H,9-11H2,1H3,(H,22,26)(H,21,23,25). The summed E-state index contributed by atoms with van der Waals surface area (Å²) in [4.78, 5) is 24.0. The second-order valence-corrected chi connectivity index (χ2v) is 7.33. The van der Waals surface area contributed by atoms with E-state index >= 15 is 0 Å². The van der Waals surface area contributed by atoms with Crippen LogP contribution in [0.15, 0.2) is 47.1 Å². The Hall–Kier alpha value is -2.78. The molecule has 10 heteroatoms. The van der Waals surface area contributed by atoms with Crippen molar-refractivity contribution in [3.63, 3.8) is 0 Å². The first kappa shape index (κ1) is 20.0. The average Bonchev–Trinajstić information content (AvgIpc) is 3.26. The van der Waals surface area contributed by atoms with E-state index in [9.17, 15) is 9.59 Å². The van der Waals surface area contributed by atoms with Crippen molar-refractivity contribution in [2.24, 2.45) is 0 Å². The van der Waals surface area contributed by atoms with Gasteiger partial charge < -0.3 is 15.2 Å². The fourth-order valence-corrected chi connectivity index (χ4v) is 3.09. The van der Waals surface area contributed by atoms with E-state index < -0.39 is 0 Å². The van der Waals surface area contributed by atoms with Gasteiger partial charge in [0.05, 0.1) is 24.2 Å². The first-order valence-corrected chi connectivity index (χ1v) is 9.90. The van der Waals surface area contributed by atoms with Gasteiger partial charge in [-0.1, -0.05) is 28.9 Å². The van der Waals surface area contributed by atoms with E-state index in [1.54, 1.807) is 42.1 Å². The summed E-state index contributed by atoms with van der Waals surface area (Å²) in [7, 11) is 0. The molecule has 0 bridgehead atoms. The molecule has 1 aromatic carbocycles. The summed E-state index contributed by atoms with van der Waals surface area (Å²) >= 11 is 7.09. The molecule has 0 radical (unpaired) electrons. The van der Waals surface area contributed by atoms with Crippen molar-refractivity contribution < 1.29 is 14.1 Å². The topological polar surface area (TPSA) is 102 Å². The van der Waals surface area contributed by atoms with Crippen LogP contribution in [-0.2, 0) is 16.1 Å². The Morgan fingerprint density at radius 2 is 1.86 bits per heavy atom. The molecule has 0 aliphatic rings. The van der Waals surface area contributed by atoms with Crippen molar-refractivity contribution in [3.05, 3.63) is 58.9 Å². The van der Waals surface area contributed by atoms with E-state index in [-0.39, 0.29) is 23.3 Å². The van der Waals surface area contributed by atoms with Gasteiger partial charge in [-0.05, 0) is 24.6 Å². The minimum absolute atomic E-state index is 0.128. The zero-order valence-corrected chi connectivity index (χ0v) is 16.6. The van der Waals surface area contributed by atoms with E-state index in [4.69, 9.17) is 16.1 Å². The molecular weight excluding hydrogens is 402 g/mol. The number of halogens is 1. The molecule has 0 spiro atoms. The van der Waals surface area contributed by atoms with Crippen LogP contribution < -0.4 is 10.6 Å². The van der Waals surface area contributed by atoms with Gasteiger partial charge in [-0.15, -0.1) is 11.8 Å². The molecule has 0 fully saturated rings. The first-order valence-electron chi connectivity index (χ1n) is 8.36. The molecule has 2 N–H and O–H groups in total. The highest BCUT2D eigenvalue weighted by molar-refractivity contribution is 8.00. The number of carbonyl (C=O) groups excluding carboxylic acids is 2. The minimum Gasteiger partial charge on any atom is -0.360 e. The highest BCUT2D eigenvalue weighted by atomic mass is 35.5. The Balaban J connectivity index is 1.44. The lowest BCUT2D eigenvalue weighted by Gasteiger charge is -2.09. The predicted molar refractivity (Wildman–Crippen MR) is 109 cm³/mol. The summed E-state index contributed by atoms with van der Waals surface area (Å²) in [6, 6.07) is 10.8. The fourth-order valence-electron chi connectivity index (χ4n) is 2.35. The van der Waals surface area contributed by atoms with E-state index in [2.05, 4.69) is 20.9 Å². The third kappa shape index (κ3) is 5.86. The monoisotopic (exact) mass is 419 g/mol. The number of hydrogen-bond acceptors (Lipinski definition) is 6. The molecule has 8 nitrogen and oxygen atoms in total. The van der Waals surface area contributed by atoms with E-state index in [0.29, 0.717) is 29.0 Å². The van der Waals surface area contributed by atoms with Gasteiger partial charge in [-0.25, -0.2) is 4.68 Å². The van der Waals surface area contributed by atoms with Crippen LogP contribution in [0.1, 0.15) is 11.3 Å². The van der Waals surface area contributed by atoms with Crippen LogP contribution in [-0.4, -0.2) is 38.3 Å². The zero-order valence-electron chi connectivity index (χ0n) is 15.0. The summed E-state index contributed by atoms with van der Waals surface area (Å²) in [6.07, 6.45) is 1.62. The molecule has 2 amide bonds. The van der Waals surface area contributed by atoms with E-state index in [0.717, 1.165) is 5.56 Å². The minimum atomic E-state index is -0.251. The highest BCUT2D eigenvalue weighted by Crippen LogP contribution is 2.14. The lowest BCUT2D eigenvalue weighted by molar-refractivity contribution is -0.114. The van der Waals surface area contributed by atoms with Crippen LogP contribution >= 0.6 is 23.4 Å². The maximum absolute atomic E-state index is 12.2. The lowest BCUT2D eigenvalue weighted by Crippen LogP contribution is -2.20. The van der Waals surface area contributed by atoms with Crippen molar-refractivity contribution in [2.45, 2.75) is 13.5 Å².